The van der Waals surface area contributed by atoms with Gasteiger partial charge in [0, 0.05) is 6.42 Å². The Balaban J connectivity index is 1.99. The highest BCUT2D eigenvalue weighted by atomic mass is 16.5. The van der Waals surface area contributed by atoms with Crippen LogP contribution in [0.15, 0.2) is 24.3 Å². The fourth-order valence-electron chi connectivity index (χ4n) is 4.87. The molecule has 0 aliphatic carbocycles. The van der Waals surface area contributed by atoms with Crippen LogP contribution in [0.3, 0.4) is 0 Å². The number of hydrogen-bond acceptors (Lipinski definition) is 1. The molecule has 1 aromatic rings. The number of nitrogens with zero attached hydrogens (tertiary/aromatic N) is 1. The number of hydrogen-bond donors (Lipinski definition) is 0. The van der Waals surface area contributed by atoms with Gasteiger partial charge in [0.1, 0.15) is 12.3 Å². The molecule has 0 radical (unpaired) electrons. The van der Waals surface area contributed by atoms with Crippen LogP contribution in [-0.4, -0.2) is 36.8 Å². The minimum absolute atomic E-state index is 0.352. The van der Waals surface area contributed by atoms with E-state index in [2.05, 4.69) is 52.1 Å². The van der Waals surface area contributed by atoms with Gasteiger partial charge in [-0.15, -0.1) is 0 Å². The SMILES string of the molecule is CCCCC1(c2cccc(OCC)c2)CC[N+]2(C)CC12C. The summed E-state index contributed by atoms with van der Waals surface area (Å²) in [6.45, 7) is 10.3. The Labute approximate surface area is 129 Å². The highest BCUT2D eigenvalue weighted by molar-refractivity contribution is 5.39. The Morgan fingerprint density at radius 2 is 2.10 bits per heavy atom. The van der Waals surface area contributed by atoms with Crippen LogP contribution in [0.4, 0.5) is 0 Å². The average Bonchev–Trinajstić information content (AvgIpc) is 2.96. The molecule has 0 saturated carbocycles. The fraction of sp³-hybridized carbons (Fsp3) is 0.684. The molecular weight excluding hydrogens is 258 g/mol. The van der Waals surface area contributed by atoms with Crippen LogP contribution in [-0.2, 0) is 5.41 Å². The van der Waals surface area contributed by atoms with Gasteiger partial charge in [0.05, 0.1) is 25.6 Å². The van der Waals surface area contributed by atoms with Gasteiger partial charge >= 0.3 is 0 Å². The van der Waals surface area contributed by atoms with Gasteiger partial charge < -0.3 is 9.22 Å². The van der Waals surface area contributed by atoms with Crippen LogP contribution >= 0.6 is 0 Å². The Hall–Kier alpha value is -1.02. The Bertz CT molecular complexity index is 524. The van der Waals surface area contributed by atoms with Crippen molar-refractivity contribution in [1.29, 1.82) is 0 Å². The monoisotopic (exact) mass is 288 g/mol. The molecule has 0 aromatic heterocycles. The number of piperidine rings is 1. The third-order valence-corrected chi connectivity index (χ3v) is 6.46. The van der Waals surface area contributed by atoms with E-state index in [1.54, 1.807) is 0 Å². The van der Waals surface area contributed by atoms with E-state index in [-0.39, 0.29) is 0 Å². The van der Waals surface area contributed by atoms with Crippen LogP contribution in [0.5, 0.6) is 5.75 Å². The van der Waals surface area contributed by atoms with Crippen LogP contribution in [0, 0.1) is 0 Å². The zero-order chi connectivity index (χ0) is 15.1. The van der Waals surface area contributed by atoms with Gasteiger partial charge in [-0.25, -0.2) is 0 Å². The van der Waals surface area contributed by atoms with E-state index in [4.69, 9.17) is 4.74 Å². The first-order valence-electron chi connectivity index (χ1n) is 8.59. The molecular formula is C19H30NO+. The molecule has 2 saturated heterocycles. The summed E-state index contributed by atoms with van der Waals surface area (Å²) in [5, 5.41) is 0. The molecule has 0 spiro atoms. The molecule has 3 rings (SSSR count). The summed E-state index contributed by atoms with van der Waals surface area (Å²) in [4.78, 5) is 0. The van der Waals surface area contributed by atoms with Crippen molar-refractivity contribution in [2.45, 2.75) is 57.4 Å². The normalized spacial score (nSPS) is 37.3. The summed E-state index contributed by atoms with van der Waals surface area (Å²) < 4.78 is 7.03. The second kappa shape index (κ2) is 5.01. The Morgan fingerprint density at radius 1 is 1.29 bits per heavy atom. The predicted molar refractivity (Wildman–Crippen MR) is 87.8 cm³/mol. The molecule has 2 heteroatoms. The number of fused-ring (bicyclic) bond motifs is 1. The molecule has 3 atom stereocenters. The largest absolute Gasteiger partial charge is 0.494 e. The molecule has 3 unspecified atom stereocenters. The van der Waals surface area contributed by atoms with Crippen molar-refractivity contribution in [2.24, 2.45) is 0 Å². The lowest BCUT2D eigenvalue weighted by molar-refractivity contribution is -0.796. The average molecular weight is 288 g/mol. The maximum absolute atomic E-state index is 5.76. The number of ether oxygens (including phenoxy) is 1. The van der Waals surface area contributed by atoms with Crippen molar-refractivity contribution in [3.8, 4) is 5.75 Å². The van der Waals surface area contributed by atoms with Gasteiger partial charge in [0.25, 0.3) is 0 Å². The summed E-state index contributed by atoms with van der Waals surface area (Å²) in [5.41, 5.74) is 2.31. The second-order valence-electron chi connectivity index (χ2n) is 7.45. The summed E-state index contributed by atoms with van der Waals surface area (Å²) in [6.07, 6.45) is 5.26. The zero-order valence-corrected chi connectivity index (χ0v) is 14.1. The quantitative estimate of drug-likeness (QED) is 0.565. The lowest BCUT2D eigenvalue weighted by Gasteiger charge is -2.33. The third-order valence-electron chi connectivity index (χ3n) is 6.46. The van der Waals surface area contributed by atoms with Gasteiger partial charge in [-0.05, 0) is 38.0 Å². The third kappa shape index (κ3) is 2.03. The minimum Gasteiger partial charge on any atom is -0.494 e. The van der Waals surface area contributed by atoms with Crippen molar-refractivity contribution < 1.29 is 9.22 Å². The van der Waals surface area contributed by atoms with E-state index in [1.165, 1.54) is 48.8 Å². The van der Waals surface area contributed by atoms with E-state index < -0.39 is 0 Å². The standard InChI is InChI=1S/C19H30NO/c1-5-7-11-19(12-13-20(4)15-18(19,20)3)16-9-8-10-17(14-16)21-6-2/h8-10,14H,5-7,11-13,15H2,1-4H3/q+1. The van der Waals surface area contributed by atoms with Gasteiger partial charge in [-0.1, -0.05) is 31.9 Å². The maximum Gasteiger partial charge on any atom is 0.156 e. The summed E-state index contributed by atoms with van der Waals surface area (Å²) >= 11 is 0. The van der Waals surface area contributed by atoms with Crippen molar-refractivity contribution in [1.82, 2.24) is 0 Å². The van der Waals surface area contributed by atoms with E-state index >= 15 is 0 Å². The van der Waals surface area contributed by atoms with Gasteiger partial charge in [0.15, 0.2) is 5.54 Å². The number of benzene rings is 1. The van der Waals surface area contributed by atoms with Gasteiger partial charge in [-0.2, -0.15) is 0 Å². The van der Waals surface area contributed by atoms with E-state index in [1.807, 2.05) is 0 Å². The highest BCUT2D eigenvalue weighted by Gasteiger charge is 2.78. The molecule has 2 fully saturated rings. The number of unbranched alkanes of at least 4 members (excludes halogenated alkanes) is 1. The minimum atomic E-state index is 0.352. The fourth-order valence-corrected chi connectivity index (χ4v) is 4.87. The first kappa shape index (κ1) is 14.9. The van der Waals surface area contributed by atoms with Crippen LogP contribution in [0.2, 0.25) is 0 Å². The topological polar surface area (TPSA) is 9.23 Å². The van der Waals surface area contributed by atoms with Crippen LogP contribution in [0.1, 0.15) is 52.0 Å². The van der Waals surface area contributed by atoms with Crippen LogP contribution < -0.4 is 4.74 Å². The highest BCUT2D eigenvalue weighted by Crippen LogP contribution is 2.63. The number of rotatable bonds is 6. The number of likely N-dealkylation sites (N-methyl/N-ethyl adjacent to an activating group) is 1. The number of quaternary nitrogens is 1. The zero-order valence-electron chi connectivity index (χ0n) is 14.1. The molecule has 2 nitrogen and oxygen atoms in total. The van der Waals surface area contributed by atoms with E-state index in [9.17, 15) is 0 Å². The lowest BCUT2D eigenvalue weighted by atomic mass is 9.66. The first-order chi connectivity index (χ1) is 10.0. The molecule has 2 aliphatic heterocycles. The molecule has 0 amide bonds. The van der Waals surface area contributed by atoms with Gasteiger partial charge in [-0.3, -0.25) is 0 Å². The molecule has 0 bridgehead atoms. The molecule has 2 aliphatic rings. The van der Waals surface area contributed by atoms with E-state index in [0.717, 1.165) is 12.4 Å². The summed E-state index contributed by atoms with van der Waals surface area (Å²) in [5.74, 6) is 1.04. The Morgan fingerprint density at radius 3 is 2.67 bits per heavy atom. The lowest BCUT2D eigenvalue weighted by Crippen LogP contribution is -2.40. The smallest absolute Gasteiger partial charge is 0.156 e. The molecule has 116 valence electrons. The maximum atomic E-state index is 5.76. The molecule has 21 heavy (non-hydrogen) atoms. The van der Waals surface area contributed by atoms with Crippen molar-refractivity contribution >= 4 is 0 Å². The van der Waals surface area contributed by atoms with E-state index in [0.29, 0.717) is 11.0 Å². The first-order valence-corrected chi connectivity index (χ1v) is 8.59. The summed E-state index contributed by atoms with van der Waals surface area (Å²) in [7, 11) is 2.44. The van der Waals surface area contributed by atoms with Crippen molar-refractivity contribution in [3.63, 3.8) is 0 Å². The molecule has 1 aromatic carbocycles. The van der Waals surface area contributed by atoms with Crippen molar-refractivity contribution in [2.75, 3.05) is 26.7 Å². The van der Waals surface area contributed by atoms with Crippen molar-refractivity contribution in [3.05, 3.63) is 29.8 Å². The predicted octanol–water partition coefficient (Wildman–Crippen LogP) is 4.14. The van der Waals surface area contributed by atoms with Gasteiger partial charge in [0.2, 0.25) is 0 Å². The van der Waals surface area contributed by atoms with Crippen LogP contribution in [0.25, 0.3) is 0 Å². The molecule has 2 heterocycles. The molecule has 0 N–H and O–H groups in total. The Kier molecular flexibility index (Phi) is 3.56. The summed E-state index contributed by atoms with van der Waals surface area (Å²) in [6, 6.07) is 8.94. The second-order valence-corrected chi connectivity index (χ2v) is 7.45.